The Hall–Kier alpha value is -0.640. The van der Waals surface area contributed by atoms with Crippen LogP contribution in [0.25, 0.3) is 0 Å². The fraction of sp³-hybridized carbons (Fsp3) is 0.571. The smallest absolute Gasteiger partial charge is 0.129 e. The molecule has 0 spiro atoms. The van der Waals surface area contributed by atoms with Gasteiger partial charge in [0.2, 0.25) is 0 Å². The molecule has 0 amide bonds. The average Bonchev–Trinajstić information content (AvgIpc) is 2.30. The lowest BCUT2D eigenvalue weighted by Crippen LogP contribution is -2.51. The van der Waals surface area contributed by atoms with Crippen LogP contribution in [0.4, 0.5) is 4.39 Å². The maximum Gasteiger partial charge on any atom is 0.129 e. The van der Waals surface area contributed by atoms with Crippen LogP contribution in [0.5, 0.6) is 0 Å². The summed E-state index contributed by atoms with van der Waals surface area (Å²) in [5.74, 6) is -0.330. The molecule has 0 heterocycles. The van der Waals surface area contributed by atoms with Crippen molar-refractivity contribution < 1.29 is 4.39 Å². The predicted molar refractivity (Wildman–Crippen MR) is 75.3 cm³/mol. The lowest BCUT2D eigenvalue weighted by atomic mass is 9.80. The van der Waals surface area contributed by atoms with E-state index in [1.165, 1.54) is 6.07 Å². The van der Waals surface area contributed by atoms with Crippen molar-refractivity contribution in [3.8, 4) is 0 Å². The summed E-state index contributed by atoms with van der Waals surface area (Å²) < 4.78 is 14.0. The molecule has 1 unspecified atom stereocenters. The van der Waals surface area contributed by atoms with E-state index < -0.39 is 0 Å². The van der Waals surface area contributed by atoms with Crippen LogP contribution in [0.1, 0.15) is 38.3 Å². The summed E-state index contributed by atoms with van der Waals surface area (Å²) in [5, 5.41) is 0.395. The van der Waals surface area contributed by atoms with E-state index in [1.54, 1.807) is 12.1 Å². The lowest BCUT2D eigenvalue weighted by Gasteiger charge is -2.43. The molecule has 18 heavy (non-hydrogen) atoms. The Bertz CT molecular complexity index is 403. The van der Waals surface area contributed by atoms with E-state index in [1.807, 2.05) is 14.1 Å². The fourth-order valence-corrected chi connectivity index (χ4v) is 2.80. The van der Waals surface area contributed by atoms with Gasteiger partial charge in [-0.05, 0) is 39.1 Å². The molecule has 1 aromatic rings. The van der Waals surface area contributed by atoms with Gasteiger partial charge in [0.1, 0.15) is 5.82 Å². The van der Waals surface area contributed by atoms with Gasteiger partial charge in [-0.15, -0.1) is 0 Å². The van der Waals surface area contributed by atoms with Gasteiger partial charge in [-0.3, -0.25) is 0 Å². The Balaban J connectivity index is 3.21. The van der Waals surface area contributed by atoms with Crippen molar-refractivity contribution in [2.45, 2.75) is 38.3 Å². The van der Waals surface area contributed by atoms with Crippen LogP contribution in [0.3, 0.4) is 0 Å². The second kappa shape index (κ2) is 6.00. The van der Waals surface area contributed by atoms with E-state index in [2.05, 4.69) is 18.7 Å². The molecule has 0 aliphatic heterocycles. The third kappa shape index (κ3) is 2.68. The summed E-state index contributed by atoms with van der Waals surface area (Å²) in [7, 11) is 3.97. The fourth-order valence-electron chi connectivity index (χ4n) is 2.64. The zero-order valence-corrected chi connectivity index (χ0v) is 12.3. The second-order valence-electron chi connectivity index (χ2n) is 4.85. The molecule has 2 N–H and O–H groups in total. The Morgan fingerprint density at radius 2 is 1.89 bits per heavy atom. The Morgan fingerprint density at radius 3 is 2.28 bits per heavy atom. The van der Waals surface area contributed by atoms with Crippen molar-refractivity contribution in [2.75, 3.05) is 14.1 Å². The molecule has 0 fully saturated rings. The Kier molecular flexibility index (Phi) is 5.14. The van der Waals surface area contributed by atoms with Crippen LogP contribution in [0.15, 0.2) is 18.2 Å². The molecule has 0 radical (unpaired) electrons. The molecule has 2 nitrogen and oxygen atoms in total. The van der Waals surface area contributed by atoms with Gasteiger partial charge in [-0.25, -0.2) is 4.39 Å². The zero-order valence-electron chi connectivity index (χ0n) is 11.5. The molecule has 0 saturated carbocycles. The molecular formula is C14H22ClFN2. The number of rotatable bonds is 5. The minimum absolute atomic E-state index is 0.241. The molecule has 102 valence electrons. The van der Waals surface area contributed by atoms with E-state index in [-0.39, 0.29) is 17.4 Å². The van der Waals surface area contributed by atoms with Gasteiger partial charge in [0.05, 0.1) is 6.04 Å². The summed E-state index contributed by atoms with van der Waals surface area (Å²) in [6.45, 7) is 4.16. The average molecular weight is 273 g/mol. The van der Waals surface area contributed by atoms with Gasteiger partial charge >= 0.3 is 0 Å². The summed E-state index contributed by atoms with van der Waals surface area (Å²) in [6, 6.07) is 4.32. The minimum atomic E-state index is -0.375. The molecular weight excluding hydrogens is 251 g/mol. The highest BCUT2D eigenvalue weighted by Gasteiger charge is 2.37. The first-order valence-corrected chi connectivity index (χ1v) is 6.64. The highest BCUT2D eigenvalue weighted by molar-refractivity contribution is 6.30. The third-order valence-corrected chi connectivity index (χ3v) is 4.23. The van der Waals surface area contributed by atoms with Crippen LogP contribution in [0, 0.1) is 5.82 Å². The molecule has 1 atom stereocenters. The first kappa shape index (κ1) is 15.4. The quantitative estimate of drug-likeness (QED) is 0.887. The molecule has 0 aliphatic carbocycles. The highest BCUT2D eigenvalue weighted by Crippen LogP contribution is 2.35. The molecule has 4 heteroatoms. The number of halogens is 2. The first-order chi connectivity index (χ1) is 8.39. The predicted octanol–water partition coefficient (Wildman–Crippen LogP) is 3.60. The van der Waals surface area contributed by atoms with Crippen molar-refractivity contribution in [2.24, 2.45) is 5.73 Å². The SMILES string of the molecule is CCC(CC)(C(N)c1ccc(Cl)cc1F)N(C)C. The number of nitrogens with zero attached hydrogens (tertiary/aromatic N) is 1. The van der Waals surface area contributed by atoms with Gasteiger partial charge in [0.25, 0.3) is 0 Å². The summed E-state index contributed by atoms with van der Waals surface area (Å²) >= 11 is 5.77. The second-order valence-corrected chi connectivity index (χ2v) is 5.29. The van der Waals surface area contributed by atoms with Gasteiger partial charge < -0.3 is 10.6 Å². The van der Waals surface area contributed by atoms with Crippen LogP contribution in [-0.4, -0.2) is 24.5 Å². The third-order valence-electron chi connectivity index (χ3n) is 3.99. The number of benzene rings is 1. The van der Waals surface area contributed by atoms with E-state index in [0.717, 1.165) is 12.8 Å². The van der Waals surface area contributed by atoms with Crippen molar-refractivity contribution in [1.82, 2.24) is 4.90 Å². The topological polar surface area (TPSA) is 29.3 Å². The highest BCUT2D eigenvalue weighted by atomic mass is 35.5. The molecule has 0 saturated heterocycles. The van der Waals surface area contributed by atoms with Crippen molar-refractivity contribution in [3.63, 3.8) is 0 Å². The van der Waals surface area contributed by atoms with E-state index in [4.69, 9.17) is 17.3 Å². The maximum absolute atomic E-state index is 14.0. The zero-order chi connectivity index (χ0) is 13.9. The first-order valence-electron chi connectivity index (χ1n) is 6.27. The van der Waals surface area contributed by atoms with Gasteiger partial charge in [0.15, 0.2) is 0 Å². The molecule has 0 bridgehead atoms. The monoisotopic (exact) mass is 272 g/mol. The number of hydrogen-bond acceptors (Lipinski definition) is 2. The lowest BCUT2D eigenvalue weighted by molar-refractivity contribution is 0.104. The normalized spacial score (nSPS) is 14.0. The Morgan fingerprint density at radius 1 is 1.33 bits per heavy atom. The summed E-state index contributed by atoms with van der Waals surface area (Å²) in [5.41, 5.74) is 6.61. The van der Waals surface area contributed by atoms with E-state index >= 15 is 0 Å². The number of hydrogen-bond donors (Lipinski definition) is 1. The van der Waals surface area contributed by atoms with Crippen LogP contribution >= 0.6 is 11.6 Å². The van der Waals surface area contributed by atoms with E-state index in [9.17, 15) is 4.39 Å². The Labute approximate surface area is 114 Å². The van der Waals surface area contributed by atoms with Gasteiger partial charge in [-0.1, -0.05) is 31.5 Å². The summed E-state index contributed by atoms with van der Waals surface area (Å²) in [4.78, 5) is 2.09. The van der Waals surface area contributed by atoms with Crippen LogP contribution < -0.4 is 5.73 Å². The largest absolute Gasteiger partial charge is 0.322 e. The number of likely N-dealkylation sites (N-methyl/N-ethyl adjacent to an activating group) is 1. The standard InChI is InChI=1S/C14H22ClFN2/c1-5-14(6-2,18(3)4)13(17)11-8-7-10(15)9-12(11)16/h7-9,13H,5-6,17H2,1-4H3. The van der Waals surface area contributed by atoms with Gasteiger partial charge in [-0.2, -0.15) is 0 Å². The van der Waals surface area contributed by atoms with Crippen LogP contribution in [0.2, 0.25) is 5.02 Å². The van der Waals surface area contributed by atoms with E-state index in [0.29, 0.717) is 10.6 Å². The van der Waals surface area contributed by atoms with Crippen molar-refractivity contribution >= 4 is 11.6 Å². The minimum Gasteiger partial charge on any atom is -0.322 e. The molecule has 0 aliphatic rings. The van der Waals surface area contributed by atoms with Gasteiger partial charge in [0, 0.05) is 16.1 Å². The van der Waals surface area contributed by atoms with Crippen LogP contribution in [-0.2, 0) is 0 Å². The number of nitrogens with two attached hydrogens (primary N) is 1. The van der Waals surface area contributed by atoms with Crippen molar-refractivity contribution in [3.05, 3.63) is 34.6 Å². The molecule has 1 rings (SSSR count). The maximum atomic E-state index is 14.0. The molecule has 0 aromatic heterocycles. The van der Waals surface area contributed by atoms with Crippen molar-refractivity contribution in [1.29, 1.82) is 0 Å². The summed E-state index contributed by atoms with van der Waals surface area (Å²) in [6.07, 6.45) is 1.72. The molecule has 1 aromatic carbocycles.